The summed E-state index contributed by atoms with van der Waals surface area (Å²) in [5.74, 6) is 0.379. The van der Waals surface area contributed by atoms with Crippen LogP contribution in [0.2, 0.25) is 0 Å². The van der Waals surface area contributed by atoms with Crippen LogP contribution < -0.4 is 0 Å². The van der Waals surface area contributed by atoms with E-state index in [-0.39, 0.29) is 11.5 Å². The van der Waals surface area contributed by atoms with Crippen molar-refractivity contribution in [2.45, 2.75) is 13.8 Å². The number of benzene rings is 1. The highest BCUT2D eigenvalue weighted by Crippen LogP contribution is 2.13. The highest BCUT2D eigenvalue weighted by Gasteiger charge is 2.07. The molecule has 0 aliphatic carbocycles. The topological polar surface area (TPSA) is 17.1 Å². The number of thiol groups is 1. The van der Waals surface area contributed by atoms with Crippen molar-refractivity contribution in [1.82, 2.24) is 0 Å². The van der Waals surface area contributed by atoms with Crippen LogP contribution in [0.25, 0.3) is 0 Å². The Labute approximate surface area is 78.2 Å². The molecule has 0 unspecified atom stereocenters. The van der Waals surface area contributed by atoms with Gasteiger partial charge in [-0.3, -0.25) is 4.79 Å². The number of rotatable bonds is 2. The zero-order chi connectivity index (χ0) is 9.14. The van der Waals surface area contributed by atoms with E-state index in [1.807, 2.05) is 32.0 Å². The average Bonchev–Trinajstić information content (AvgIpc) is 2.08. The Balaban J connectivity index is 3.16. The molecule has 0 saturated heterocycles. The van der Waals surface area contributed by atoms with Crippen molar-refractivity contribution < 1.29 is 4.79 Å². The molecule has 0 heterocycles. The first-order chi connectivity index (χ1) is 5.66. The fraction of sp³-hybridized carbons (Fsp3) is 0.300. The Morgan fingerprint density at radius 1 is 1.42 bits per heavy atom. The quantitative estimate of drug-likeness (QED) is 0.546. The lowest BCUT2D eigenvalue weighted by molar-refractivity contribution is 0.102. The molecule has 1 rings (SSSR count). The Morgan fingerprint density at radius 3 is 2.67 bits per heavy atom. The molecule has 0 amide bonds. The van der Waals surface area contributed by atoms with E-state index in [0.717, 1.165) is 16.7 Å². The van der Waals surface area contributed by atoms with E-state index in [9.17, 15) is 4.79 Å². The van der Waals surface area contributed by atoms with Gasteiger partial charge in [-0.25, -0.2) is 0 Å². The van der Waals surface area contributed by atoms with Crippen molar-refractivity contribution in [1.29, 1.82) is 0 Å². The number of carbonyl (C=O) groups is 1. The van der Waals surface area contributed by atoms with Crippen LogP contribution in [0.5, 0.6) is 0 Å². The standard InChI is InChI=1S/C10H12OS/c1-7-4-3-5-9(8(7)2)10(11)6-12/h3-5,12H,6H2,1-2H3. The van der Waals surface area contributed by atoms with E-state index in [2.05, 4.69) is 12.6 Å². The molecule has 1 nitrogen and oxygen atoms in total. The zero-order valence-corrected chi connectivity index (χ0v) is 8.19. The molecule has 1 aromatic rings. The summed E-state index contributed by atoms with van der Waals surface area (Å²) in [6.45, 7) is 3.97. The smallest absolute Gasteiger partial charge is 0.172 e. The van der Waals surface area contributed by atoms with Gasteiger partial charge in [0.25, 0.3) is 0 Å². The third-order valence-electron chi connectivity index (χ3n) is 2.05. The van der Waals surface area contributed by atoms with Gasteiger partial charge < -0.3 is 0 Å². The molecule has 0 atom stereocenters. The van der Waals surface area contributed by atoms with Crippen LogP contribution in [0.1, 0.15) is 21.5 Å². The highest BCUT2D eigenvalue weighted by atomic mass is 32.1. The van der Waals surface area contributed by atoms with Crippen molar-refractivity contribution in [3.05, 3.63) is 34.9 Å². The van der Waals surface area contributed by atoms with Crippen LogP contribution in [0.3, 0.4) is 0 Å². The Morgan fingerprint density at radius 2 is 2.08 bits per heavy atom. The average molecular weight is 180 g/mol. The van der Waals surface area contributed by atoms with Crippen molar-refractivity contribution in [2.24, 2.45) is 0 Å². The van der Waals surface area contributed by atoms with Gasteiger partial charge in [-0.05, 0) is 25.0 Å². The molecule has 12 heavy (non-hydrogen) atoms. The van der Waals surface area contributed by atoms with Gasteiger partial charge in [-0.1, -0.05) is 18.2 Å². The molecule has 2 heteroatoms. The Kier molecular flexibility index (Phi) is 2.93. The summed E-state index contributed by atoms with van der Waals surface area (Å²) in [6, 6.07) is 5.75. The summed E-state index contributed by atoms with van der Waals surface area (Å²) in [5, 5.41) is 0. The minimum absolute atomic E-state index is 0.0968. The van der Waals surface area contributed by atoms with Crippen molar-refractivity contribution in [2.75, 3.05) is 5.75 Å². The monoisotopic (exact) mass is 180 g/mol. The number of hydrogen-bond acceptors (Lipinski definition) is 2. The number of Topliss-reactive ketones (excluding diaryl/α,β-unsaturated/α-hetero) is 1. The van der Waals surface area contributed by atoms with Gasteiger partial charge in [0.1, 0.15) is 0 Å². The second-order valence-electron chi connectivity index (χ2n) is 2.83. The SMILES string of the molecule is Cc1cccc(C(=O)CS)c1C. The first-order valence-corrected chi connectivity index (χ1v) is 4.50. The van der Waals surface area contributed by atoms with E-state index in [0.29, 0.717) is 0 Å². The molecule has 0 radical (unpaired) electrons. The van der Waals surface area contributed by atoms with Crippen LogP contribution in [-0.4, -0.2) is 11.5 Å². The maximum absolute atomic E-state index is 11.3. The van der Waals surface area contributed by atoms with Crippen molar-refractivity contribution in [3.63, 3.8) is 0 Å². The normalized spacial score (nSPS) is 9.92. The third-order valence-corrected chi connectivity index (χ3v) is 2.34. The summed E-state index contributed by atoms with van der Waals surface area (Å²) in [5.41, 5.74) is 3.02. The first kappa shape index (κ1) is 9.33. The lowest BCUT2D eigenvalue weighted by atomic mass is 10.0. The number of carbonyl (C=O) groups excluding carboxylic acids is 1. The second-order valence-corrected chi connectivity index (χ2v) is 3.14. The molecule has 0 saturated carbocycles. The summed E-state index contributed by atoms with van der Waals surface area (Å²) >= 11 is 3.96. The number of ketones is 1. The summed E-state index contributed by atoms with van der Waals surface area (Å²) in [7, 11) is 0. The highest BCUT2D eigenvalue weighted by molar-refractivity contribution is 7.81. The van der Waals surface area contributed by atoms with Gasteiger partial charge in [-0.15, -0.1) is 0 Å². The molecule has 64 valence electrons. The largest absolute Gasteiger partial charge is 0.293 e. The summed E-state index contributed by atoms with van der Waals surface area (Å²) in [4.78, 5) is 11.3. The van der Waals surface area contributed by atoms with E-state index in [1.165, 1.54) is 0 Å². The minimum atomic E-state index is 0.0968. The van der Waals surface area contributed by atoms with Gasteiger partial charge in [0.05, 0.1) is 5.75 Å². The summed E-state index contributed by atoms with van der Waals surface area (Å²) < 4.78 is 0. The maximum Gasteiger partial charge on any atom is 0.172 e. The van der Waals surface area contributed by atoms with Crippen LogP contribution in [0, 0.1) is 13.8 Å². The predicted molar refractivity (Wildman–Crippen MR) is 54.1 cm³/mol. The third kappa shape index (κ3) is 1.69. The van der Waals surface area contributed by atoms with Crippen LogP contribution in [0.4, 0.5) is 0 Å². The molecule has 0 spiro atoms. The fourth-order valence-electron chi connectivity index (χ4n) is 1.14. The van der Waals surface area contributed by atoms with Gasteiger partial charge in [-0.2, -0.15) is 12.6 Å². The second kappa shape index (κ2) is 3.76. The van der Waals surface area contributed by atoms with Crippen molar-refractivity contribution >= 4 is 18.4 Å². The first-order valence-electron chi connectivity index (χ1n) is 3.87. The van der Waals surface area contributed by atoms with Crippen LogP contribution >= 0.6 is 12.6 Å². The molecule has 1 aromatic carbocycles. The maximum atomic E-state index is 11.3. The fourth-order valence-corrected chi connectivity index (χ4v) is 1.31. The van der Waals surface area contributed by atoms with Crippen LogP contribution in [-0.2, 0) is 0 Å². The van der Waals surface area contributed by atoms with Gasteiger partial charge in [0.15, 0.2) is 5.78 Å². The Hall–Kier alpha value is -0.760. The van der Waals surface area contributed by atoms with Gasteiger partial charge >= 0.3 is 0 Å². The molecular formula is C10H12OS. The van der Waals surface area contributed by atoms with E-state index in [1.54, 1.807) is 0 Å². The van der Waals surface area contributed by atoms with Crippen LogP contribution in [0.15, 0.2) is 18.2 Å². The molecule has 0 bridgehead atoms. The molecule has 0 fully saturated rings. The molecular weight excluding hydrogens is 168 g/mol. The summed E-state index contributed by atoms with van der Waals surface area (Å²) in [6.07, 6.45) is 0. The molecule has 0 aromatic heterocycles. The van der Waals surface area contributed by atoms with Gasteiger partial charge in [0, 0.05) is 5.56 Å². The van der Waals surface area contributed by atoms with Gasteiger partial charge in [0.2, 0.25) is 0 Å². The van der Waals surface area contributed by atoms with E-state index < -0.39 is 0 Å². The molecule has 0 aliphatic rings. The number of hydrogen-bond donors (Lipinski definition) is 1. The molecule has 0 aliphatic heterocycles. The lowest BCUT2D eigenvalue weighted by Gasteiger charge is -2.04. The number of aryl methyl sites for hydroxylation is 1. The van der Waals surface area contributed by atoms with Crippen molar-refractivity contribution in [3.8, 4) is 0 Å². The minimum Gasteiger partial charge on any atom is -0.293 e. The predicted octanol–water partition coefficient (Wildman–Crippen LogP) is 2.42. The zero-order valence-electron chi connectivity index (χ0n) is 7.29. The Bertz CT molecular complexity index is 305. The lowest BCUT2D eigenvalue weighted by Crippen LogP contribution is -2.03. The van der Waals surface area contributed by atoms with E-state index >= 15 is 0 Å². The van der Waals surface area contributed by atoms with E-state index in [4.69, 9.17) is 0 Å². The molecule has 0 N–H and O–H groups in total.